The van der Waals surface area contributed by atoms with Crippen LogP contribution < -0.4 is 14.4 Å². The predicted octanol–water partition coefficient (Wildman–Crippen LogP) is 3.79. The van der Waals surface area contributed by atoms with E-state index in [1.54, 1.807) is 42.7 Å². The van der Waals surface area contributed by atoms with Crippen LogP contribution in [0.2, 0.25) is 0 Å². The Labute approximate surface area is 204 Å². The molecule has 2 heterocycles. The summed E-state index contributed by atoms with van der Waals surface area (Å²) in [6.07, 6.45) is 3.27. The summed E-state index contributed by atoms with van der Waals surface area (Å²) in [5.74, 6) is -0.883. The molecule has 0 radical (unpaired) electrons. The lowest BCUT2D eigenvalue weighted by molar-refractivity contribution is -0.140. The molecule has 8 nitrogen and oxygen atoms in total. The van der Waals surface area contributed by atoms with Crippen LogP contribution in [0.3, 0.4) is 0 Å². The molecule has 1 fully saturated rings. The third kappa shape index (κ3) is 4.55. The number of Topliss-reactive ketones (excluding diaryl/α,β-unsaturated/α-hetero) is 1. The third-order valence-electron chi connectivity index (χ3n) is 6.03. The van der Waals surface area contributed by atoms with Gasteiger partial charge in [0.05, 0.1) is 31.4 Å². The Hall–Kier alpha value is -4.33. The molecule has 4 rings (SSSR count). The van der Waals surface area contributed by atoms with E-state index in [2.05, 4.69) is 4.98 Å². The summed E-state index contributed by atoms with van der Waals surface area (Å²) in [6.45, 7) is 0.184. The van der Waals surface area contributed by atoms with E-state index < -0.39 is 17.7 Å². The molecule has 2 aromatic carbocycles. The van der Waals surface area contributed by atoms with Crippen molar-refractivity contribution in [2.45, 2.75) is 12.6 Å². The number of amides is 1. The highest BCUT2D eigenvalue weighted by atomic mass is 16.5. The molecule has 0 bridgehead atoms. The van der Waals surface area contributed by atoms with E-state index in [-0.39, 0.29) is 17.9 Å². The highest BCUT2D eigenvalue weighted by Gasteiger charge is 2.46. The summed E-state index contributed by atoms with van der Waals surface area (Å²) in [6, 6.07) is 15.2. The molecule has 3 aromatic rings. The minimum absolute atomic E-state index is 0.00475. The Morgan fingerprint density at radius 3 is 2.29 bits per heavy atom. The van der Waals surface area contributed by atoms with Crippen molar-refractivity contribution in [3.8, 4) is 11.5 Å². The number of carbonyl (C=O) groups is 2. The normalized spacial score (nSPS) is 16.9. The maximum absolute atomic E-state index is 13.3. The molecule has 1 saturated heterocycles. The van der Waals surface area contributed by atoms with E-state index in [1.807, 2.05) is 43.3 Å². The summed E-state index contributed by atoms with van der Waals surface area (Å²) in [7, 11) is 6.85. The van der Waals surface area contributed by atoms with Gasteiger partial charge in [0.15, 0.2) is 0 Å². The highest BCUT2D eigenvalue weighted by Crippen LogP contribution is 2.42. The van der Waals surface area contributed by atoms with Gasteiger partial charge in [0, 0.05) is 44.8 Å². The van der Waals surface area contributed by atoms with Crippen LogP contribution >= 0.6 is 0 Å². The SMILES string of the molecule is COc1ccc(/C(O)=C2/C(=O)C(=O)N(Cc3ccncc3)C2c2ccc(N(C)C)cc2)c(OC)c1. The van der Waals surface area contributed by atoms with Crippen LogP contribution in [0.4, 0.5) is 5.69 Å². The van der Waals surface area contributed by atoms with Crippen LogP contribution in [0.25, 0.3) is 5.76 Å². The van der Waals surface area contributed by atoms with Crippen molar-refractivity contribution in [2.75, 3.05) is 33.2 Å². The van der Waals surface area contributed by atoms with Gasteiger partial charge in [0.2, 0.25) is 0 Å². The monoisotopic (exact) mass is 473 g/mol. The van der Waals surface area contributed by atoms with Crippen LogP contribution in [0, 0.1) is 0 Å². The molecular weight excluding hydrogens is 446 g/mol. The van der Waals surface area contributed by atoms with Crippen molar-refractivity contribution in [2.24, 2.45) is 0 Å². The van der Waals surface area contributed by atoms with Gasteiger partial charge in [-0.25, -0.2) is 0 Å². The van der Waals surface area contributed by atoms with Gasteiger partial charge < -0.3 is 24.4 Å². The smallest absolute Gasteiger partial charge is 0.295 e. The van der Waals surface area contributed by atoms with Crippen molar-refractivity contribution in [1.82, 2.24) is 9.88 Å². The molecule has 0 spiro atoms. The molecule has 1 aliphatic rings. The first-order valence-corrected chi connectivity index (χ1v) is 11.0. The van der Waals surface area contributed by atoms with Gasteiger partial charge in [0.1, 0.15) is 17.3 Å². The van der Waals surface area contributed by atoms with Crippen molar-refractivity contribution >= 4 is 23.1 Å². The summed E-state index contributed by atoms with van der Waals surface area (Å²) >= 11 is 0. The van der Waals surface area contributed by atoms with Gasteiger partial charge in [-0.3, -0.25) is 14.6 Å². The number of likely N-dealkylation sites (tertiary alicyclic amines) is 1. The molecule has 1 aliphatic heterocycles. The molecule has 1 amide bonds. The fourth-order valence-corrected chi connectivity index (χ4v) is 4.17. The minimum Gasteiger partial charge on any atom is -0.507 e. The molecule has 1 unspecified atom stereocenters. The quantitative estimate of drug-likeness (QED) is 0.317. The first kappa shape index (κ1) is 23.8. The number of methoxy groups -OCH3 is 2. The number of hydrogen-bond donors (Lipinski definition) is 1. The summed E-state index contributed by atoms with van der Waals surface area (Å²) in [4.78, 5) is 34.0. The lowest BCUT2D eigenvalue weighted by atomic mass is 9.94. The minimum atomic E-state index is -0.786. The van der Waals surface area contributed by atoms with E-state index in [1.165, 1.54) is 19.1 Å². The Morgan fingerprint density at radius 2 is 1.69 bits per heavy atom. The Bertz CT molecular complexity index is 1270. The van der Waals surface area contributed by atoms with Crippen molar-refractivity contribution < 1.29 is 24.2 Å². The van der Waals surface area contributed by atoms with Crippen LogP contribution in [0.1, 0.15) is 22.7 Å². The van der Waals surface area contributed by atoms with E-state index in [9.17, 15) is 14.7 Å². The Morgan fingerprint density at radius 1 is 1.00 bits per heavy atom. The lowest BCUT2D eigenvalue weighted by Crippen LogP contribution is -2.29. The maximum Gasteiger partial charge on any atom is 0.295 e. The summed E-state index contributed by atoms with van der Waals surface area (Å²) in [5.41, 5.74) is 2.80. The summed E-state index contributed by atoms with van der Waals surface area (Å²) < 4.78 is 10.7. The number of aliphatic hydroxyl groups is 1. The van der Waals surface area contributed by atoms with Crippen molar-refractivity contribution in [3.63, 3.8) is 0 Å². The van der Waals surface area contributed by atoms with Crippen molar-refractivity contribution in [1.29, 1.82) is 0 Å². The van der Waals surface area contributed by atoms with Crippen LogP contribution in [0.5, 0.6) is 11.5 Å². The number of anilines is 1. The lowest BCUT2D eigenvalue weighted by Gasteiger charge is -2.26. The number of pyridine rings is 1. The fourth-order valence-electron chi connectivity index (χ4n) is 4.17. The van der Waals surface area contributed by atoms with E-state index in [0.29, 0.717) is 22.6 Å². The number of hydrogen-bond acceptors (Lipinski definition) is 7. The maximum atomic E-state index is 13.3. The number of rotatable bonds is 7. The fraction of sp³-hybridized carbons (Fsp3) is 0.222. The molecular formula is C27H27N3O5. The largest absolute Gasteiger partial charge is 0.507 e. The number of aromatic nitrogens is 1. The first-order valence-electron chi connectivity index (χ1n) is 11.0. The molecule has 0 saturated carbocycles. The zero-order chi connectivity index (χ0) is 25.1. The average Bonchev–Trinajstić information content (AvgIpc) is 3.13. The molecule has 0 aliphatic carbocycles. The van der Waals surface area contributed by atoms with Crippen LogP contribution in [0.15, 0.2) is 72.6 Å². The standard InChI is InChI=1S/C27H27N3O5/c1-29(2)19-7-5-18(6-8-19)24-23(25(31)21-10-9-20(34-3)15-22(21)35-4)26(32)27(33)30(24)16-17-11-13-28-14-12-17/h5-15,24,31H,16H2,1-4H3/b25-23-. The number of nitrogens with zero attached hydrogens (tertiary/aromatic N) is 3. The number of carbonyl (C=O) groups excluding carboxylic acids is 2. The van der Waals surface area contributed by atoms with Gasteiger partial charge in [-0.1, -0.05) is 12.1 Å². The predicted molar refractivity (Wildman–Crippen MR) is 132 cm³/mol. The van der Waals surface area contributed by atoms with Gasteiger partial charge in [-0.05, 0) is 47.5 Å². The van der Waals surface area contributed by atoms with Gasteiger partial charge in [-0.2, -0.15) is 0 Å². The van der Waals surface area contributed by atoms with E-state index >= 15 is 0 Å². The second-order valence-electron chi connectivity index (χ2n) is 8.33. The number of aliphatic hydroxyl groups excluding tert-OH is 1. The highest BCUT2D eigenvalue weighted by molar-refractivity contribution is 6.46. The van der Waals surface area contributed by atoms with Gasteiger partial charge >= 0.3 is 0 Å². The molecule has 35 heavy (non-hydrogen) atoms. The van der Waals surface area contributed by atoms with Crippen LogP contribution in [-0.4, -0.2) is 55.0 Å². The number of benzene rings is 2. The van der Waals surface area contributed by atoms with E-state index in [4.69, 9.17) is 9.47 Å². The number of ether oxygens (including phenoxy) is 2. The third-order valence-corrected chi connectivity index (χ3v) is 6.03. The topological polar surface area (TPSA) is 92.2 Å². The molecule has 8 heteroatoms. The average molecular weight is 474 g/mol. The Balaban J connectivity index is 1.88. The molecule has 1 aromatic heterocycles. The van der Waals surface area contributed by atoms with E-state index in [0.717, 1.165) is 11.3 Å². The zero-order valence-electron chi connectivity index (χ0n) is 20.1. The molecule has 1 N–H and O–H groups in total. The second-order valence-corrected chi connectivity index (χ2v) is 8.33. The second kappa shape index (κ2) is 9.89. The molecule has 180 valence electrons. The van der Waals surface area contributed by atoms with Gasteiger partial charge in [-0.15, -0.1) is 0 Å². The first-order chi connectivity index (χ1) is 16.8. The Kier molecular flexibility index (Phi) is 6.73. The molecule has 1 atom stereocenters. The van der Waals surface area contributed by atoms with Crippen LogP contribution in [-0.2, 0) is 16.1 Å². The van der Waals surface area contributed by atoms with Crippen molar-refractivity contribution in [3.05, 3.63) is 89.3 Å². The van der Waals surface area contributed by atoms with Gasteiger partial charge in [0.25, 0.3) is 11.7 Å². The zero-order valence-corrected chi connectivity index (χ0v) is 20.1. The summed E-state index contributed by atoms with van der Waals surface area (Å²) in [5, 5.41) is 11.4. The number of ketones is 1.